The van der Waals surface area contributed by atoms with Crippen molar-refractivity contribution in [2.45, 2.75) is 52.3 Å². The first-order chi connectivity index (χ1) is 18.1. The number of carbonyl (C=O) groups is 2. The van der Waals surface area contributed by atoms with Gasteiger partial charge in [-0.05, 0) is 45.7 Å². The van der Waals surface area contributed by atoms with Crippen LogP contribution in [0.2, 0.25) is 0 Å². The number of carbonyl (C=O) groups excluding carboxylic acids is 2. The molecule has 4 rings (SSSR count). The first-order valence-corrected chi connectivity index (χ1v) is 13.0. The van der Waals surface area contributed by atoms with E-state index in [9.17, 15) is 9.59 Å². The Labute approximate surface area is 225 Å². The summed E-state index contributed by atoms with van der Waals surface area (Å²) in [6, 6.07) is 33.9. The van der Waals surface area contributed by atoms with E-state index in [4.69, 9.17) is 4.84 Å². The predicted octanol–water partition coefficient (Wildman–Crippen LogP) is 8.00. The highest BCUT2D eigenvalue weighted by atomic mass is 16.7. The molecule has 0 aromatic heterocycles. The molecule has 38 heavy (non-hydrogen) atoms. The fourth-order valence-electron chi connectivity index (χ4n) is 4.53. The minimum Gasteiger partial charge on any atom is -0.290 e. The Kier molecular flexibility index (Phi) is 8.35. The third-order valence-electron chi connectivity index (χ3n) is 6.65. The summed E-state index contributed by atoms with van der Waals surface area (Å²) in [7, 11) is 0. The van der Waals surface area contributed by atoms with Crippen molar-refractivity contribution in [1.82, 2.24) is 5.06 Å². The van der Waals surface area contributed by atoms with Crippen LogP contribution < -0.4 is 0 Å². The summed E-state index contributed by atoms with van der Waals surface area (Å²) in [5.74, 6) is 0.0152. The number of ketones is 2. The molecule has 0 amide bonds. The summed E-state index contributed by atoms with van der Waals surface area (Å²) in [5, 5.41) is 2.01. The molecule has 0 saturated carbocycles. The quantitative estimate of drug-likeness (QED) is 0.171. The lowest BCUT2D eigenvalue weighted by atomic mass is 9.98. The molecule has 4 nitrogen and oxygen atoms in total. The average Bonchev–Trinajstić information content (AvgIpc) is 2.95. The van der Waals surface area contributed by atoms with Crippen LogP contribution in [0.5, 0.6) is 0 Å². The lowest BCUT2D eigenvalue weighted by molar-refractivity contribution is -0.262. The lowest BCUT2D eigenvalue weighted by Crippen LogP contribution is -2.43. The largest absolute Gasteiger partial charge is 0.290 e. The zero-order valence-electron chi connectivity index (χ0n) is 22.7. The first-order valence-electron chi connectivity index (χ1n) is 13.0. The van der Waals surface area contributed by atoms with Crippen LogP contribution in [0, 0.1) is 0 Å². The molecule has 194 valence electrons. The molecule has 4 heteroatoms. The summed E-state index contributed by atoms with van der Waals surface area (Å²) in [6.45, 7) is 10.5. The van der Waals surface area contributed by atoms with E-state index in [1.54, 1.807) is 0 Å². The smallest absolute Gasteiger partial charge is 0.193 e. The third-order valence-corrected chi connectivity index (χ3v) is 6.65. The number of hydrogen-bond donors (Lipinski definition) is 0. The fraction of sp³-hybridized carbons (Fsp3) is 0.235. The van der Waals surface area contributed by atoms with Gasteiger partial charge in [-0.3, -0.25) is 14.4 Å². The molecule has 4 aromatic carbocycles. The molecule has 0 fully saturated rings. The van der Waals surface area contributed by atoms with Crippen LogP contribution in [0.25, 0.3) is 0 Å². The molecule has 0 aliphatic heterocycles. The van der Waals surface area contributed by atoms with Crippen molar-refractivity contribution < 1.29 is 14.4 Å². The molecule has 0 spiro atoms. The van der Waals surface area contributed by atoms with Crippen molar-refractivity contribution in [3.8, 4) is 0 Å². The van der Waals surface area contributed by atoms with Crippen LogP contribution in [-0.4, -0.2) is 22.2 Å². The van der Waals surface area contributed by atoms with Gasteiger partial charge in [0.25, 0.3) is 0 Å². The molecule has 0 bridgehead atoms. The van der Waals surface area contributed by atoms with Crippen molar-refractivity contribution in [2.75, 3.05) is 0 Å². The van der Waals surface area contributed by atoms with Gasteiger partial charge < -0.3 is 0 Å². The minimum absolute atomic E-state index is 0.00449. The molecule has 0 aliphatic rings. The van der Waals surface area contributed by atoms with E-state index in [1.165, 1.54) is 0 Å². The van der Waals surface area contributed by atoms with Crippen molar-refractivity contribution >= 4 is 11.6 Å². The zero-order valence-corrected chi connectivity index (χ0v) is 22.7. The third kappa shape index (κ3) is 6.34. The van der Waals surface area contributed by atoms with Gasteiger partial charge in [-0.2, -0.15) is 5.06 Å². The molecule has 2 unspecified atom stereocenters. The van der Waals surface area contributed by atoms with Crippen molar-refractivity contribution in [3.05, 3.63) is 143 Å². The van der Waals surface area contributed by atoms with Gasteiger partial charge in [0.1, 0.15) is 6.10 Å². The van der Waals surface area contributed by atoms with Crippen molar-refractivity contribution in [1.29, 1.82) is 0 Å². The first kappa shape index (κ1) is 27.2. The maximum absolute atomic E-state index is 12.8. The Morgan fingerprint density at radius 2 is 0.947 bits per heavy atom. The van der Waals surface area contributed by atoms with E-state index in [2.05, 4.69) is 27.7 Å². The Hall–Kier alpha value is -3.86. The molecular weight excluding hydrogens is 470 g/mol. The fourth-order valence-corrected chi connectivity index (χ4v) is 4.53. The predicted molar refractivity (Wildman–Crippen MR) is 152 cm³/mol. The van der Waals surface area contributed by atoms with E-state index in [-0.39, 0.29) is 29.3 Å². The Morgan fingerprint density at radius 1 is 0.579 bits per heavy atom. The molecule has 0 aliphatic carbocycles. The Morgan fingerprint density at radius 3 is 1.34 bits per heavy atom. The van der Waals surface area contributed by atoms with Crippen LogP contribution in [-0.2, 0) is 4.84 Å². The van der Waals surface area contributed by atoms with Gasteiger partial charge >= 0.3 is 0 Å². The number of nitrogens with zero attached hydrogens (tertiary/aromatic N) is 1. The van der Waals surface area contributed by atoms with Crippen LogP contribution in [0.1, 0.15) is 89.7 Å². The second-order valence-electron chi connectivity index (χ2n) is 10.6. The highest BCUT2D eigenvalue weighted by Crippen LogP contribution is 2.33. The van der Waals surface area contributed by atoms with Gasteiger partial charge in [-0.15, -0.1) is 0 Å². The summed E-state index contributed by atoms with van der Waals surface area (Å²) >= 11 is 0. The molecular formula is C34H35NO3. The van der Waals surface area contributed by atoms with Gasteiger partial charge in [0.15, 0.2) is 11.6 Å². The molecule has 2 atom stereocenters. The summed E-state index contributed by atoms with van der Waals surface area (Å²) in [5.41, 5.74) is 4.43. The van der Waals surface area contributed by atoms with Crippen LogP contribution in [0.4, 0.5) is 0 Å². The molecule has 0 heterocycles. The van der Waals surface area contributed by atoms with Gasteiger partial charge in [0.05, 0.1) is 6.04 Å². The second kappa shape index (κ2) is 11.7. The number of hydroxylamine groups is 2. The monoisotopic (exact) mass is 505 g/mol. The van der Waals surface area contributed by atoms with E-state index >= 15 is 0 Å². The van der Waals surface area contributed by atoms with Crippen molar-refractivity contribution in [3.63, 3.8) is 0 Å². The molecule has 0 N–H and O–H groups in total. The number of benzene rings is 4. The van der Waals surface area contributed by atoms with E-state index in [0.717, 1.165) is 11.1 Å². The Balaban J connectivity index is 1.48. The topological polar surface area (TPSA) is 46.6 Å². The molecule has 4 aromatic rings. The minimum atomic E-state index is -0.282. The average molecular weight is 506 g/mol. The van der Waals surface area contributed by atoms with Crippen LogP contribution >= 0.6 is 0 Å². The van der Waals surface area contributed by atoms with E-state index in [1.807, 2.05) is 121 Å². The Bertz CT molecular complexity index is 1360. The zero-order chi connectivity index (χ0) is 27.3. The molecule has 0 radical (unpaired) electrons. The highest BCUT2D eigenvalue weighted by Gasteiger charge is 2.30. The van der Waals surface area contributed by atoms with E-state index in [0.29, 0.717) is 22.3 Å². The van der Waals surface area contributed by atoms with Crippen LogP contribution in [0.15, 0.2) is 109 Å². The standard InChI is InChI=1S/C34H35NO3/c1-24(26-16-20-30(21-17-26)32(36)28-12-8-6-9-13-28)35(34(3,4)5)38-25(2)27-18-22-31(23-19-27)33(37)29-14-10-7-11-15-29/h6-25H,1-5H3. The molecule has 0 saturated heterocycles. The summed E-state index contributed by atoms with van der Waals surface area (Å²) in [4.78, 5) is 32.1. The van der Waals surface area contributed by atoms with Gasteiger partial charge in [-0.25, -0.2) is 0 Å². The number of rotatable bonds is 9. The normalized spacial score (nSPS) is 13.2. The maximum atomic E-state index is 12.8. The second-order valence-corrected chi connectivity index (χ2v) is 10.6. The summed E-state index contributed by atoms with van der Waals surface area (Å²) < 4.78 is 0. The number of hydrogen-bond acceptors (Lipinski definition) is 4. The van der Waals surface area contributed by atoms with Crippen molar-refractivity contribution in [2.24, 2.45) is 0 Å². The van der Waals surface area contributed by atoms with Gasteiger partial charge in [-0.1, -0.05) is 109 Å². The highest BCUT2D eigenvalue weighted by molar-refractivity contribution is 6.09. The van der Waals surface area contributed by atoms with Gasteiger partial charge in [0, 0.05) is 27.8 Å². The van der Waals surface area contributed by atoms with Crippen LogP contribution in [0.3, 0.4) is 0 Å². The van der Waals surface area contributed by atoms with Gasteiger partial charge in [0.2, 0.25) is 0 Å². The lowest BCUT2D eigenvalue weighted by Gasteiger charge is -2.41. The summed E-state index contributed by atoms with van der Waals surface area (Å²) in [6.07, 6.45) is -0.225. The maximum Gasteiger partial charge on any atom is 0.193 e. The SMILES string of the molecule is CC(ON(C(C)c1ccc(C(=O)c2ccccc2)cc1)C(C)(C)C)c1ccc(C(=O)c2ccccc2)cc1. The van der Waals surface area contributed by atoms with E-state index < -0.39 is 0 Å².